The van der Waals surface area contributed by atoms with Crippen molar-refractivity contribution in [2.75, 3.05) is 19.0 Å². The molecular formula is C20H24ClN3O3S. The van der Waals surface area contributed by atoms with Crippen molar-refractivity contribution >= 4 is 40.5 Å². The molecule has 150 valence electrons. The lowest BCUT2D eigenvalue weighted by Crippen LogP contribution is -2.43. The number of hydrazine groups is 1. The molecule has 0 aliphatic carbocycles. The molecule has 0 unspecified atom stereocenters. The smallest absolute Gasteiger partial charge is 0.269 e. The first-order chi connectivity index (χ1) is 13.3. The van der Waals surface area contributed by atoms with E-state index in [2.05, 4.69) is 16.2 Å². The summed E-state index contributed by atoms with van der Waals surface area (Å²) in [6.07, 6.45) is 0.879. The fourth-order valence-electron chi connectivity index (χ4n) is 2.54. The Balaban J connectivity index is 1.99. The summed E-state index contributed by atoms with van der Waals surface area (Å²) < 4.78 is 10.9. The zero-order chi connectivity index (χ0) is 20.7. The largest absolute Gasteiger partial charge is 0.493 e. The normalized spacial score (nSPS) is 10.2. The first kappa shape index (κ1) is 21.8. The second-order valence-corrected chi connectivity index (χ2v) is 7.00. The molecule has 3 N–H and O–H groups in total. The van der Waals surface area contributed by atoms with Crippen molar-refractivity contribution in [1.82, 2.24) is 10.9 Å². The van der Waals surface area contributed by atoms with Gasteiger partial charge in [0.25, 0.3) is 5.91 Å². The van der Waals surface area contributed by atoms with Gasteiger partial charge in [-0.2, -0.15) is 0 Å². The number of nitrogens with one attached hydrogen (secondary N) is 3. The van der Waals surface area contributed by atoms with Crippen LogP contribution in [-0.2, 0) is 0 Å². The van der Waals surface area contributed by atoms with Crippen LogP contribution in [0.4, 0.5) is 5.69 Å². The Kier molecular flexibility index (Phi) is 7.90. The number of aryl methyl sites for hydroxylation is 2. The first-order valence-corrected chi connectivity index (χ1v) is 9.59. The van der Waals surface area contributed by atoms with E-state index < -0.39 is 0 Å². The number of benzene rings is 2. The fraction of sp³-hybridized carbons (Fsp3) is 0.300. The Hall–Kier alpha value is -2.51. The van der Waals surface area contributed by atoms with Gasteiger partial charge in [-0.15, -0.1) is 0 Å². The van der Waals surface area contributed by atoms with Crippen LogP contribution in [0.15, 0.2) is 30.3 Å². The highest BCUT2D eigenvalue weighted by molar-refractivity contribution is 7.80. The van der Waals surface area contributed by atoms with Gasteiger partial charge in [0.15, 0.2) is 16.6 Å². The van der Waals surface area contributed by atoms with Crippen LogP contribution in [0.3, 0.4) is 0 Å². The summed E-state index contributed by atoms with van der Waals surface area (Å²) in [5, 5.41) is 3.77. The summed E-state index contributed by atoms with van der Waals surface area (Å²) >= 11 is 11.5. The minimum absolute atomic E-state index is 0.220. The number of thiocarbonyl (C=S) groups is 1. The van der Waals surface area contributed by atoms with Crippen molar-refractivity contribution in [3.63, 3.8) is 0 Å². The van der Waals surface area contributed by atoms with Crippen LogP contribution >= 0.6 is 23.8 Å². The van der Waals surface area contributed by atoms with Crippen LogP contribution in [-0.4, -0.2) is 24.7 Å². The SMILES string of the molecule is CCCOc1ccc(C(=O)NNC(=S)Nc2c(C)cc(C)cc2Cl)cc1OC. The molecule has 0 aromatic heterocycles. The highest BCUT2D eigenvalue weighted by Crippen LogP contribution is 2.28. The van der Waals surface area contributed by atoms with Crippen LogP contribution in [0, 0.1) is 13.8 Å². The van der Waals surface area contributed by atoms with E-state index in [-0.39, 0.29) is 11.0 Å². The van der Waals surface area contributed by atoms with Gasteiger partial charge in [0, 0.05) is 5.56 Å². The number of amides is 1. The van der Waals surface area contributed by atoms with E-state index in [4.69, 9.17) is 33.3 Å². The molecule has 0 heterocycles. The van der Waals surface area contributed by atoms with E-state index in [9.17, 15) is 4.79 Å². The van der Waals surface area contributed by atoms with Crippen molar-refractivity contribution in [2.24, 2.45) is 0 Å². The van der Waals surface area contributed by atoms with Crippen molar-refractivity contribution in [2.45, 2.75) is 27.2 Å². The average molecular weight is 422 g/mol. The third-order valence-electron chi connectivity index (χ3n) is 3.85. The Morgan fingerprint density at radius 2 is 1.89 bits per heavy atom. The zero-order valence-corrected chi connectivity index (χ0v) is 17.9. The lowest BCUT2D eigenvalue weighted by Gasteiger charge is -2.16. The number of hydrogen-bond donors (Lipinski definition) is 3. The average Bonchev–Trinajstić information content (AvgIpc) is 2.67. The molecule has 2 aromatic rings. The van der Waals surface area contributed by atoms with E-state index in [1.54, 1.807) is 18.2 Å². The molecule has 8 heteroatoms. The van der Waals surface area contributed by atoms with E-state index >= 15 is 0 Å². The maximum absolute atomic E-state index is 12.4. The van der Waals surface area contributed by atoms with Gasteiger partial charge in [-0.05, 0) is 67.9 Å². The van der Waals surface area contributed by atoms with Crippen LogP contribution in [0.1, 0.15) is 34.8 Å². The lowest BCUT2D eigenvalue weighted by atomic mass is 10.1. The highest BCUT2D eigenvalue weighted by atomic mass is 35.5. The summed E-state index contributed by atoms with van der Waals surface area (Å²) in [4.78, 5) is 12.4. The number of carbonyl (C=O) groups excluding carboxylic acids is 1. The molecule has 0 saturated carbocycles. The molecule has 0 radical (unpaired) electrons. The van der Waals surface area contributed by atoms with Gasteiger partial charge in [0.1, 0.15) is 0 Å². The Morgan fingerprint density at radius 1 is 1.14 bits per heavy atom. The topological polar surface area (TPSA) is 71.6 Å². The van der Waals surface area contributed by atoms with Crippen LogP contribution in [0.2, 0.25) is 5.02 Å². The number of methoxy groups -OCH3 is 1. The minimum atomic E-state index is -0.365. The molecule has 0 spiro atoms. The Labute approximate surface area is 175 Å². The van der Waals surface area contributed by atoms with E-state index in [0.29, 0.717) is 34.4 Å². The van der Waals surface area contributed by atoms with Crippen molar-refractivity contribution in [3.05, 3.63) is 52.0 Å². The third-order valence-corrected chi connectivity index (χ3v) is 4.35. The molecule has 0 aliphatic rings. The summed E-state index contributed by atoms with van der Waals surface area (Å²) in [7, 11) is 1.53. The van der Waals surface area contributed by atoms with E-state index in [1.807, 2.05) is 32.9 Å². The van der Waals surface area contributed by atoms with Crippen molar-refractivity contribution < 1.29 is 14.3 Å². The summed E-state index contributed by atoms with van der Waals surface area (Å²) in [5.74, 6) is 0.718. The zero-order valence-electron chi connectivity index (χ0n) is 16.3. The van der Waals surface area contributed by atoms with Gasteiger partial charge >= 0.3 is 0 Å². The second-order valence-electron chi connectivity index (χ2n) is 6.19. The quantitative estimate of drug-likeness (QED) is 0.474. The van der Waals surface area contributed by atoms with Gasteiger partial charge in [0.2, 0.25) is 0 Å². The molecule has 0 fully saturated rings. The third kappa shape index (κ3) is 5.74. The van der Waals surface area contributed by atoms with Gasteiger partial charge in [-0.1, -0.05) is 24.6 Å². The van der Waals surface area contributed by atoms with Gasteiger partial charge in [-0.25, -0.2) is 0 Å². The standard InChI is InChI=1S/C20H24ClN3O3S/c1-5-8-27-16-7-6-14(11-17(16)26-4)19(25)23-24-20(28)22-18-13(3)9-12(2)10-15(18)21/h6-7,9-11H,5,8H2,1-4H3,(H,23,25)(H2,22,24,28). The number of rotatable bonds is 6. The predicted octanol–water partition coefficient (Wildman–Crippen LogP) is 4.39. The fourth-order valence-corrected chi connectivity index (χ4v) is 3.07. The lowest BCUT2D eigenvalue weighted by molar-refractivity contribution is 0.0943. The van der Waals surface area contributed by atoms with Gasteiger partial charge < -0.3 is 14.8 Å². The molecule has 0 aliphatic heterocycles. The molecule has 0 saturated heterocycles. The number of hydrogen-bond acceptors (Lipinski definition) is 4. The Morgan fingerprint density at radius 3 is 2.54 bits per heavy atom. The first-order valence-electron chi connectivity index (χ1n) is 8.80. The van der Waals surface area contributed by atoms with Crippen molar-refractivity contribution in [1.29, 1.82) is 0 Å². The molecule has 28 heavy (non-hydrogen) atoms. The molecular weight excluding hydrogens is 398 g/mol. The molecule has 1 amide bonds. The molecule has 2 aromatic carbocycles. The van der Waals surface area contributed by atoms with Gasteiger partial charge in [-0.3, -0.25) is 15.6 Å². The maximum atomic E-state index is 12.4. The molecule has 2 rings (SSSR count). The molecule has 0 bridgehead atoms. The van der Waals surface area contributed by atoms with Crippen molar-refractivity contribution in [3.8, 4) is 11.5 Å². The van der Waals surface area contributed by atoms with E-state index in [1.165, 1.54) is 7.11 Å². The van der Waals surface area contributed by atoms with Crippen LogP contribution in [0.25, 0.3) is 0 Å². The Bertz CT molecular complexity index is 851. The monoisotopic (exact) mass is 421 g/mol. The molecule has 0 atom stereocenters. The number of carbonyl (C=O) groups is 1. The number of ether oxygens (including phenoxy) is 2. The minimum Gasteiger partial charge on any atom is -0.493 e. The predicted molar refractivity (Wildman–Crippen MR) is 117 cm³/mol. The summed E-state index contributed by atoms with van der Waals surface area (Å²) in [6, 6.07) is 8.80. The number of halogens is 1. The highest BCUT2D eigenvalue weighted by Gasteiger charge is 2.12. The van der Waals surface area contributed by atoms with Gasteiger partial charge in [0.05, 0.1) is 24.4 Å². The van der Waals surface area contributed by atoms with Crippen LogP contribution < -0.4 is 25.6 Å². The number of anilines is 1. The summed E-state index contributed by atoms with van der Waals surface area (Å²) in [5.41, 5.74) is 8.33. The molecule has 6 nitrogen and oxygen atoms in total. The second kappa shape index (κ2) is 10.1. The van der Waals surface area contributed by atoms with E-state index in [0.717, 1.165) is 17.5 Å². The maximum Gasteiger partial charge on any atom is 0.269 e. The summed E-state index contributed by atoms with van der Waals surface area (Å²) in [6.45, 7) is 6.48. The van der Waals surface area contributed by atoms with Crippen LogP contribution in [0.5, 0.6) is 11.5 Å².